The van der Waals surface area contributed by atoms with E-state index in [1.807, 2.05) is 19.1 Å². The first-order valence-corrected chi connectivity index (χ1v) is 8.26. The Labute approximate surface area is 155 Å². The van der Waals surface area contributed by atoms with E-state index in [0.29, 0.717) is 16.5 Å². The summed E-state index contributed by atoms with van der Waals surface area (Å²) in [7, 11) is 0. The molecule has 25 heavy (non-hydrogen) atoms. The average molecular weight is 382 g/mol. The highest BCUT2D eigenvalue weighted by molar-refractivity contribution is 6.35. The first-order chi connectivity index (χ1) is 11.9. The second kappa shape index (κ2) is 8.74. The van der Waals surface area contributed by atoms with Crippen LogP contribution in [0.2, 0.25) is 10.0 Å². The number of aryl methyl sites for hydroxylation is 1. The van der Waals surface area contributed by atoms with E-state index in [0.717, 1.165) is 5.56 Å². The molecule has 1 atom stereocenters. The number of carbonyl (C=O) groups excluding carboxylic acids is 2. The summed E-state index contributed by atoms with van der Waals surface area (Å²) in [5.74, 6) is -0.801. The molecule has 0 aliphatic rings. The number of benzene rings is 2. The van der Waals surface area contributed by atoms with Crippen molar-refractivity contribution in [2.45, 2.75) is 20.0 Å². The van der Waals surface area contributed by atoms with Crippen molar-refractivity contribution in [3.8, 4) is 5.75 Å². The van der Waals surface area contributed by atoms with Crippen LogP contribution in [0.4, 0.5) is 5.69 Å². The molecule has 2 rings (SSSR count). The van der Waals surface area contributed by atoms with Crippen molar-refractivity contribution in [2.75, 3.05) is 11.9 Å². The first-order valence-electron chi connectivity index (χ1n) is 7.50. The van der Waals surface area contributed by atoms with E-state index in [4.69, 9.17) is 32.7 Å². The van der Waals surface area contributed by atoms with Crippen LogP contribution in [0.15, 0.2) is 42.5 Å². The van der Waals surface area contributed by atoms with Gasteiger partial charge in [-0.3, -0.25) is 4.79 Å². The van der Waals surface area contributed by atoms with E-state index in [-0.39, 0.29) is 5.02 Å². The number of anilines is 1. The van der Waals surface area contributed by atoms with E-state index in [9.17, 15) is 9.59 Å². The van der Waals surface area contributed by atoms with Gasteiger partial charge in [0.25, 0.3) is 5.91 Å². The van der Waals surface area contributed by atoms with Gasteiger partial charge in [0.15, 0.2) is 12.7 Å². The number of ether oxygens (including phenoxy) is 2. The highest BCUT2D eigenvalue weighted by Crippen LogP contribution is 2.28. The van der Waals surface area contributed by atoms with Gasteiger partial charge in [0.1, 0.15) is 5.75 Å². The molecule has 0 radical (unpaired) electrons. The SMILES string of the molecule is Cc1ccccc1NC(=O)COC(=O)[C@@H](C)Oc1ccc(Cl)cc1Cl. The Morgan fingerprint density at radius 2 is 1.88 bits per heavy atom. The maximum absolute atomic E-state index is 12.0. The average Bonchev–Trinajstić information content (AvgIpc) is 2.57. The summed E-state index contributed by atoms with van der Waals surface area (Å²) in [6.45, 7) is 2.97. The van der Waals surface area contributed by atoms with Gasteiger partial charge < -0.3 is 14.8 Å². The number of hydrogen-bond acceptors (Lipinski definition) is 4. The highest BCUT2D eigenvalue weighted by atomic mass is 35.5. The Morgan fingerprint density at radius 1 is 1.16 bits per heavy atom. The summed E-state index contributed by atoms with van der Waals surface area (Å²) < 4.78 is 10.4. The Hall–Kier alpha value is -2.24. The zero-order valence-electron chi connectivity index (χ0n) is 13.7. The topological polar surface area (TPSA) is 64.6 Å². The molecule has 0 heterocycles. The largest absolute Gasteiger partial charge is 0.477 e. The number of halogens is 2. The molecule has 132 valence electrons. The van der Waals surface area contributed by atoms with Crippen molar-refractivity contribution in [3.05, 3.63) is 58.1 Å². The zero-order valence-corrected chi connectivity index (χ0v) is 15.2. The molecule has 0 aliphatic heterocycles. The molecule has 2 aromatic carbocycles. The Morgan fingerprint density at radius 3 is 2.56 bits per heavy atom. The molecular formula is C18H17Cl2NO4. The zero-order chi connectivity index (χ0) is 18.4. The molecule has 0 bridgehead atoms. The van der Waals surface area contributed by atoms with Crippen molar-refractivity contribution in [2.24, 2.45) is 0 Å². The summed E-state index contributed by atoms with van der Waals surface area (Å²) in [5, 5.41) is 3.42. The predicted molar refractivity (Wildman–Crippen MR) is 97.3 cm³/mol. The molecule has 0 aliphatic carbocycles. The van der Waals surface area contributed by atoms with Gasteiger partial charge >= 0.3 is 5.97 Å². The molecule has 5 nitrogen and oxygen atoms in total. The maximum atomic E-state index is 12.0. The monoisotopic (exact) mass is 381 g/mol. The quantitative estimate of drug-likeness (QED) is 0.759. The number of carbonyl (C=O) groups is 2. The highest BCUT2D eigenvalue weighted by Gasteiger charge is 2.19. The summed E-state index contributed by atoms with van der Waals surface area (Å²) in [6.07, 6.45) is -0.926. The fourth-order valence-corrected chi connectivity index (χ4v) is 2.42. The van der Waals surface area contributed by atoms with Crippen LogP contribution in [0.1, 0.15) is 12.5 Å². The fourth-order valence-electron chi connectivity index (χ4n) is 1.96. The van der Waals surface area contributed by atoms with Gasteiger partial charge in [-0.1, -0.05) is 41.4 Å². The lowest BCUT2D eigenvalue weighted by Gasteiger charge is -2.15. The lowest BCUT2D eigenvalue weighted by molar-refractivity contribution is -0.153. The van der Waals surface area contributed by atoms with Crippen molar-refractivity contribution in [1.29, 1.82) is 0 Å². The second-order valence-electron chi connectivity index (χ2n) is 5.31. The molecule has 1 N–H and O–H groups in total. The predicted octanol–water partition coefficient (Wildman–Crippen LogP) is 4.25. The van der Waals surface area contributed by atoms with Crippen LogP contribution in [-0.4, -0.2) is 24.6 Å². The summed E-state index contributed by atoms with van der Waals surface area (Å²) >= 11 is 11.8. The minimum Gasteiger partial charge on any atom is -0.477 e. The number of esters is 1. The molecule has 0 fully saturated rings. The van der Waals surface area contributed by atoms with E-state index in [1.165, 1.54) is 13.0 Å². The van der Waals surface area contributed by atoms with Gasteiger partial charge in [0, 0.05) is 10.7 Å². The van der Waals surface area contributed by atoms with E-state index in [1.54, 1.807) is 24.3 Å². The van der Waals surface area contributed by atoms with Crippen LogP contribution in [0.25, 0.3) is 0 Å². The van der Waals surface area contributed by atoms with E-state index in [2.05, 4.69) is 5.32 Å². The third-order valence-corrected chi connectivity index (χ3v) is 3.82. The van der Waals surface area contributed by atoms with Crippen molar-refractivity contribution >= 4 is 40.8 Å². The van der Waals surface area contributed by atoms with Gasteiger partial charge in [0.2, 0.25) is 0 Å². The first kappa shape index (κ1) is 19.1. The molecular weight excluding hydrogens is 365 g/mol. The third kappa shape index (κ3) is 5.66. The van der Waals surface area contributed by atoms with E-state index < -0.39 is 24.6 Å². The number of nitrogens with one attached hydrogen (secondary N) is 1. The van der Waals surface area contributed by atoms with E-state index >= 15 is 0 Å². The van der Waals surface area contributed by atoms with Gasteiger partial charge in [-0.15, -0.1) is 0 Å². The smallest absolute Gasteiger partial charge is 0.347 e. The summed E-state index contributed by atoms with van der Waals surface area (Å²) in [6, 6.07) is 12.0. The van der Waals surface area contributed by atoms with Crippen LogP contribution in [0, 0.1) is 6.92 Å². The molecule has 2 aromatic rings. The van der Waals surface area contributed by atoms with Crippen LogP contribution in [-0.2, 0) is 14.3 Å². The van der Waals surface area contributed by atoms with Gasteiger partial charge in [-0.05, 0) is 43.7 Å². The number of rotatable bonds is 6. The minimum atomic E-state index is -0.926. The Bertz CT molecular complexity index is 779. The standard InChI is InChI=1S/C18H17Cl2NO4/c1-11-5-3-4-6-15(11)21-17(22)10-24-18(23)12(2)25-16-8-7-13(19)9-14(16)20/h3-9,12H,10H2,1-2H3,(H,21,22)/t12-/m1/s1. The number of amides is 1. The molecule has 1 amide bonds. The second-order valence-corrected chi connectivity index (χ2v) is 6.15. The van der Waals surface area contributed by atoms with Crippen LogP contribution in [0.5, 0.6) is 5.75 Å². The van der Waals surface area contributed by atoms with Crippen LogP contribution < -0.4 is 10.1 Å². The molecule has 7 heteroatoms. The molecule has 0 saturated carbocycles. The summed E-state index contributed by atoms with van der Waals surface area (Å²) in [4.78, 5) is 23.8. The van der Waals surface area contributed by atoms with Crippen molar-refractivity contribution in [3.63, 3.8) is 0 Å². The van der Waals surface area contributed by atoms with Gasteiger partial charge in [-0.25, -0.2) is 4.79 Å². The Kier molecular flexibility index (Phi) is 6.67. The third-order valence-electron chi connectivity index (χ3n) is 3.29. The normalized spacial score (nSPS) is 11.5. The number of para-hydroxylation sites is 1. The van der Waals surface area contributed by atoms with Crippen molar-refractivity contribution in [1.82, 2.24) is 0 Å². The fraction of sp³-hybridized carbons (Fsp3) is 0.222. The maximum Gasteiger partial charge on any atom is 0.347 e. The Balaban J connectivity index is 1.84. The molecule has 0 aromatic heterocycles. The van der Waals surface area contributed by atoms with Crippen LogP contribution >= 0.6 is 23.2 Å². The van der Waals surface area contributed by atoms with Crippen LogP contribution in [0.3, 0.4) is 0 Å². The van der Waals surface area contributed by atoms with Gasteiger partial charge in [-0.2, -0.15) is 0 Å². The molecule has 0 unspecified atom stereocenters. The van der Waals surface area contributed by atoms with Gasteiger partial charge in [0.05, 0.1) is 5.02 Å². The lowest BCUT2D eigenvalue weighted by atomic mass is 10.2. The lowest BCUT2D eigenvalue weighted by Crippen LogP contribution is -2.30. The van der Waals surface area contributed by atoms with Crippen molar-refractivity contribution < 1.29 is 19.1 Å². The minimum absolute atomic E-state index is 0.282. The molecule has 0 spiro atoms. The molecule has 0 saturated heterocycles. The number of hydrogen-bond donors (Lipinski definition) is 1. The summed E-state index contributed by atoms with van der Waals surface area (Å²) in [5.41, 5.74) is 1.58.